The van der Waals surface area contributed by atoms with Gasteiger partial charge in [0.05, 0.1) is 43.7 Å². The minimum atomic E-state index is -1.10. The maximum absolute atomic E-state index is 13.7. The first-order valence-electron chi connectivity index (χ1n) is 12.4. The van der Waals surface area contributed by atoms with Gasteiger partial charge in [0.25, 0.3) is 0 Å². The van der Waals surface area contributed by atoms with Crippen LogP contribution >= 0.6 is 0 Å². The maximum atomic E-state index is 13.7. The number of aromatic nitrogens is 1. The zero-order chi connectivity index (χ0) is 28.7. The van der Waals surface area contributed by atoms with Crippen molar-refractivity contribution in [2.24, 2.45) is 4.99 Å². The molecule has 0 amide bonds. The Labute approximate surface area is 225 Å². The molecule has 2 rings (SSSR count). The second kappa shape index (κ2) is 21.5. The van der Waals surface area contributed by atoms with E-state index in [1.54, 1.807) is 25.5 Å². The second-order valence-corrected chi connectivity index (χ2v) is 10.7. The summed E-state index contributed by atoms with van der Waals surface area (Å²) in [6, 6.07) is 3.01. The third-order valence-electron chi connectivity index (χ3n) is 4.02. The number of hydrogen-bond acceptors (Lipinski definition) is 7. The number of rotatable bonds is 10. The number of aliphatic imine (C=N–C) groups is 1. The van der Waals surface area contributed by atoms with E-state index in [-0.39, 0.29) is 4.75 Å². The van der Waals surface area contributed by atoms with Gasteiger partial charge in [-0.3, -0.25) is 4.21 Å². The van der Waals surface area contributed by atoms with Crippen molar-refractivity contribution in [1.29, 1.82) is 0 Å². The Hall–Kier alpha value is -2.56. The first-order chi connectivity index (χ1) is 17.5. The highest BCUT2D eigenvalue weighted by Crippen LogP contribution is 2.20. The minimum Gasteiger partial charge on any atom is -0.505 e. The number of nitrogens with zero attached hydrogens (tertiary/aromatic N) is 2. The van der Waals surface area contributed by atoms with Crippen LogP contribution in [-0.2, 0) is 20.3 Å². The Kier molecular flexibility index (Phi) is 21.3. The number of hydrogen-bond donors (Lipinski definition) is 3. The molecule has 0 bridgehead atoms. The van der Waals surface area contributed by atoms with E-state index in [1.165, 1.54) is 36.7 Å². The maximum Gasteiger partial charge on any atom is 0.215 e. The third-order valence-corrected chi connectivity index (χ3v) is 5.59. The first kappa shape index (κ1) is 36.6. The number of halogens is 1. The van der Waals surface area contributed by atoms with Crippen LogP contribution in [0.5, 0.6) is 0 Å². The molecular weight excluding hydrogens is 495 g/mol. The van der Waals surface area contributed by atoms with Gasteiger partial charge in [0.1, 0.15) is 11.4 Å². The summed E-state index contributed by atoms with van der Waals surface area (Å²) in [5.74, 6) is -0.207. The second-order valence-electron chi connectivity index (χ2n) is 8.58. The van der Waals surface area contributed by atoms with Crippen molar-refractivity contribution in [2.45, 2.75) is 71.7 Å². The molecule has 0 saturated carbocycles. The number of ether oxygens (including phenoxy) is 2. The van der Waals surface area contributed by atoms with E-state index in [1.807, 2.05) is 34.6 Å². The zero-order valence-corrected chi connectivity index (χ0v) is 24.5. The van der Waals surface area contributed by atoms with Crippen molar-refractivity contribution < 1.29 is 23.2 Å². The highest BCUT2D eigenvalue weighted by molar-refractivity contribution is 7.89. The van der Waals surface area contributed by atoms with Crippen LogP contribution in [0.2, 0.25) is 0 Å². The topological polar surface area (TPSA) is 105 Å². The van der Waals surface area contributed by atoms with Gasteiger partial charge >= 0.3 is 0 Å². The molecule has 37 heavy (non-hydrogen) atoms. The van der Waals surface area contributed by atoms with Crippen LogP contribution in [0.15, 0.2) is 47.8 Å². The van der Waals surface area contributed by atoms with Crippen LogP contribution in [0, 0.1) is 5.95 Å². The Morgan fingerprint density at radius 1 is 1.32 bits per heavy atom. The number of aliphatic hydroxyl groups is 1. The van der Waals surface area contributed by atoms with Crippen molar-refractivity contribution in [3.63, 3.8) is 0 Å². The Morgan fingerprint density at radius 2 is 1.92 bits per heavy atom. The van der Waals surface area contributed by atoms with Crippen molar-refractivity contribution in [3.8, 4) is 0 Å². The molecule has 0 aromatic carbocycles. The SMILES string of the molecule is C=COC.CC.CC(C)(C)S(=O)/C=C/N=CN/C=C/c1cc(F)nc(NCCC2(O)COC2)c1.CCC. The van der Waals surface area contributed by atoms with Crippen molar-refractivity contribution in [3.05, 3.63) is 54.3 Å². The van der Waals surface area contributed by atoms with Gasteiger partial charge < -0.3 is 25.2 Å². The van der Waals surface area contributed by atoms with E-state index >= 15 is 0 Å². The van der Waals surface area contributed by atoms with Crippen LogP contribution in [0.1, 0.15) is 66.9 Å². The highest BCUT2D eigenvalue weighted by atomic mass is 32.2. The summed E-state index contributed by atoms with van der Waals surface area (Å²) in [6.45, 7) is 18.3. The molecule has 2 heterocycles. The van der Waals surface area contributed by atoms with Gasteiger partial charge in [-0.05, 0) is 44.9 Å². The zero-order valence-electron chi connectivity index (χ0n) is 23.7. The van der Waals surface area contributed by atoms with Crippen molar-refractivity contribution in [2.75, 3.05) is 32.2 Å². The molecule has 1 fully saturated rings. The molecule has 1 aliphatic heterocycles. The van der Waals surface area contributed by atoms with Gasteiger partial charge in [0.15, 0.2) is 0 Å². The van der Waals surface area contributed by atoms with Gasteiger partial charge in [-0.15, -0.1) is 0 Å². The normalized spacial score (nSPS) is 14.8. The van der Waals surface area contributed by atoms with Gasteiger partial charge in [-0.25, -0.2) is 9.98 Å². The van der Waals surface area contributed by atoms with Gasteiger partial charge in [-0.2, -0.15) is 4.39 Å². The molecular formula is C27H47FN4O4S. The molecule has 0 aliphatic carbocycles. The molecule has 0 radical (unpaired) electrons. The fourth-order valence-electron chi connectivity index (χ4n) is 2.18. The minimum absolute atomic E-state index is 0.320. The number of methoxy groups -OCH3 is 1. The molecule has 1 aromatic heterocycles. The summed E-state index contributed by atoms with van der Waals surface area (Å²) < 4.78 is 34.4. The monoisotopic (exact) mass is 542 g/mol. The van der Waals surface area contributed by atoms with Crippen molar-refractivity contribution >= 4 is 29.0 Å². The Balaban J connectivity index is 0. The molecule has 1 aliphatic rings. The standard InChI is InChI=1S/C19H27FN4O3S.C3H6O.C3H8.C2H6/c1-18(2,3)28(26)9-8-22-14-21-6-4-15-10-16(20)24-17(11-15)23-7-5-19(25)12-27-13-19;1-3-4-2;1-3-2;1-2/h4,6,8-11,14,25H,5,7,12-13H2,1-3H3,(H,21,22)(H,23,24);3H,1H2,2H3;3H2,1-2H3;1-2H3/b6-4+,9-8+;;;. The number of nitrogens with one attached hydrogen (secondary N) is 2. The van der Waals surface area contributed by atoms with E-state index in [0.717, 1.165) is 0 Å². The van der Waals surface area contributed by atoms with Crippen LogP contribution < -0.4 is 10.6 Å². The summed E-state index contributed by atoms with van der Waals surface area (Å²) in [5.41, 5.74) is -0.175. The predicted molar refractivity (Wildman–Crippen MR) is 155 cm³/mol. The molecule has 1 atom stereocenters. The van der Waals surface area contributed by atoms with E-state index in [2.05, 4.69) is 45.8 Å². The highest BCUT2D eigenvalue weighted by Gasteiger charge is 2.35. The predicted octanol–water partition coefficient (Wildman–Crippen LogP) is 5.61. The van der Waals surface area contributed by atoms with Crippen molar-refractivity contribution in [1.82, 2.24) is 10.3 Å². The fourth-order valence-corrected chi connectivity index (χ4v) is 2.77. The van der Waals surface area contributed by atoms with Crippen LogP contribution in [-0.4, -0.2) is 57.9 Å². The molecule has 10 heteroatoms. The summed E-state index contributed by atoms with van der Waals surface area (Å²) in [6.07, 6.45) is 9.31. The summed E-state index contributed by atoms with van der Waals surface area (Å²) >= 11 is 0. The summed E-state index contributed by atoms with van der Waals surface area (Å²) in [7, 11) is 0.459. The summed E-state index contributed by atoms with van der Waals surface area (Å²) in [4.78, 5) is 7.77. The number of pyridine rings is 1. The lowest BCUT2D eigenvalue weighted by molar-refractivity contribution is -0.179. The van der Waals surface area contributed by atoms with Gasteiger partial charge in [0.2, 0.25) is 5.95 Å². The molecule has 212 valence electrons. The van der Waals surface area contributed by atoms with Crippen LogP contribution in [0.25, 0.3) is 6.08 Å². The van der Waals surface area contributed by atoms with E-state index in [4.69, 9.17) is 4.74 Å². The molecule has 8 nitrogen and oxygen atoms in total. The third kappa shape index (κ3) is 19.2. The molecule has 0 spiro atoms. The quantitative estimate of drug-likeness (QED) is 0.153. The lowest BCUT2D eigenvalue weighted by Crippen LogP contribution is -2.50. The molecule has 1 unspecified atom stereocenters. The average molecular weight is 543 g/mol. The van der Waals surface area contributed by atoms with Gasteiger partial charge in [-0.1, -0.05) is 40.7 Å². The molecule has 1 saturated heterocycles. The average Bonchev–Trinajstić information content (AvgIpc) is 2.83. The molecule has 1 aromatic rings. The Bertz CT molecular complexity index is 851. The first-order valence-corrected chi connectivity index (χ1v) is 13.6. The smallest absolute Gasteiger partial charge is 0.215 e. The lowest BCUT2D eigenvalue weighted by atomic mass is 9.98. The van der Waals surface area contributed by atoms with Crippen LogP contribution in [0.3, 0.4) is 0 Å². The van der Waals surface area contributed by atoms with E-state index < -0.39 is 22.3 Å². The lowest BCUT2D eigenvalue weighted by Gasteiger charge is -2.36. The van der Waals surface area contributed by atoms with Gasteiger partial charge in [0, 0.05) is 35.2 Å². The fraction of sp³-hybridized carbons (Fsp3) is 0.556. The Morgan fingerprint density at radius 3 is 2.41 bits per heavy atom. The van der Waals surface area contributed by atoms with E-state index in [0.29, 0.717) is 37.6 Å². The van der Waals surface area contributed by atoms with E-state index in [9.17, 15) is 13.7 Å². The number of anilines is 1. The molecule has 3 N–H and O–H groups in total. The largest absolute Gasteiger partial charge is 0.505 e. The summed E-state index contributed by atoms with van der Waals surface area (Å²) in [5, 5.41) is 17.3. The van der Waals surface area contributed by atoms with Crippen LogP contribution in [0.4, 0.5) is 10.2 Å².